The molecule has 2 saturated heterocycles. The fraction of sp³-hybridized carbons (Fsp3) is 0.500. The Kier molecular flexibility index (Phi) is 11.1. The molecule has 2 N–H and O–H groups in total. The molecule has 232 valence electrons. The number of allylic oxidation sites excluding steroid dienone is 16. The summed E-state index contributed by atoms with van der Waals surface area (Å²) in [6, 6.07) is 0. The van der Waals surface area contributed by atoms with Crippen molar-refractivity contribution in [2.45, 2.75) is 118 Å². The van der Waals surface area contributed by atoms with Crippen molar-refractivity contribution < 1.29 is 14.9 Å². The van der Waals surface area contributed by atoms with Crippen molar-refractivity contribution in [3.8, 4) is 11.8 Å². The van der Waals surface area contributed by atoms with E-state index in [9.17, 15) is 10.2 Å². The van der Waals surface area contributed by atoms with Gasteiger partial charge in [-0.3, -0.25) is 0 Å². The van der Waals surface area contributed by atoms with E-state index in [2.05, 4.69) is 128 Å². The van der Waals surface area contributed by atoms with Crippen molar-refractivity contribution in [3.05, 3.63) is 106 Å². The lowest BCUT2D eigenvalue weighted by molar-refractivity contribution is -0.115. The molecule has 0 spiro atoms. The summed E-state index contributed by atoms with van der Waals surface area (Å²) in [5.74, 6) is 6.68. The second-order valence-electron chi connectivity index (χ2n) is 14.4. The minimum absolute atomic E-state index is 0.0856. The van der Waals surface area contributed by atoms with Crippen LogP contribution in [0.4, 0.5) is 0 Å². The largest absolute Gasteiger partial charge is 0.393 e. The number of fused-ring (bicyclic) bond motifs is 2. The van der Waals surface area contributed by atoms with Gasteiger partial charge in [0, 0.05) is 22.8 Å². The number of aliphatic hydroxyl groups excluding tert-OH is 1. The van der Waals surface area contributed by atoms with Gasteiger partial charge in [0.2, 0.25) is 0 Å². The molecular formula is C40H54O3. The molecule has 2 bridgehead atoms. The Hall–Kier alpha value is -2.90. The van der Waals surface area contributed by atoms with Crippen LogP contribution >= 0.6 is 0 Å². The maximum Gasteiger partial charge on any atom is 0.120 e. The summed E-state index contributed by atoms with van der Waals surface area (Å²) in [4.78, 5) is 0. The third-order valence-corrected chi connectivity index (χ3v) is 9.13. The lowest BCUT2D eigenvalue weighted by atomic mass is 9.61. The van der Waals surface area contributed by atoms with E-state index in [0.29, 0.717) is 12.8 Å². The van der Waals surface area contributed by atoms with Crippen molar-refractivity contribution in [2.24, 2.45) is 10.8 Å². The van der Waals surface area contributed by atoms with E-state index >= 15 is 0 Å². The molecule has 0 aromatic heterocycles. The van der Waals surface area contributed by atoms with E-state index in [1.165, 1.54) is 5.57 Å². The Morgan fingerprint density at radius 2 is 1.35 bits per heavy atom. The van der Waals surface area contributed by atoms with Gasteiger partial charge in [0.15, 0.2) is 0 Å². The minimum Gasteiger partial charge on any atom is -0.393 e. The fourth-order valence-corrected chi connectivity index (χ4v) is 7.00. The quantitative estimate of drug-likeness (QED) is 0.222. The molecule has 0 amide bonds. The lowest BCUT2D eigenvalue weighted by Gasteiger charge is -2.46. The SMILES string of the molecule is CC1=C(C#C/C(C)=C/C=C/C(C)=C/C=C/C=C(C)/C=C/C=C(C)/C=C/[C@@]23O[C@@H](CC2(C)C)C[C@@]3(C)O)C(C)(C)C[C@H](O)C1. The highest BCUT2D eigenvalue weighted by Gasteiger charge is 2.67. The van der Waals surface area contributed by atoms with Crippen LogP contribution in [0.15, 0.2) is 106 Å². The zero-order valence-electron chi connectivity index (χ0n) is 28.2. The Morgan fingerprint density at radius 1 is 0.791 bits per heavy atom. The first-order valence-electron chi connectivity index (χ1n) is 15.7. The average molecular weight is 583 g/mol. The van der Waals surface area contributed by atoms with Crippen LogP contribution < -0.4 is 0 Å². The monoisotopic (exact) mass is 582 g/mol. The summed E-state index contributed by atoms with van der Waals surface area (Å²) in [5.41, 5.74) is 5.14. The zero-order chi connectivity index (χ0) is 32.1. The Morgan fingerprint density at radius 3 is 1.91 bits per heavy atom. The van der Waals surface area contributed by atoms with E-state index in [4.69, 9.17) is 4.74 Å². The highest BCUT2D eigenvalue weighted by Crippen LogP contribution is 2.60. The predicted octanol–water partition coefficient (Wildman–Crippen LogP) is 9.21. The molecule has 0 radical (unpaired) electrons. The Balaban J connectivity index is 1.53. The maximum absolute atomic E-state index is 11.1. The molecule has 4 atom stereocenters. The van der Waals surface area contributed by atoms with Gasteiger partial charge in [0.25, 0.3) is 0 Å². The van der Waals surface area contributed by atoms with Crippen molar-refractivity contribution in [2.75, 3.05) is 0 Å². The molecule has 1 aliphatic carbocycles. The van der Waals surface area contributed by atoms with Crippen LogP contribution in [-0.4, -0.2) is 33.6 Å². The molecule has 0 aromatic rings. The standard InChI is InChI=1S/C40H54O3/c1-29(17-13-19-31(3)21-22-36-33(5)25-34(41)26-37(36,6)7)15-11-12-16-30(2)18-14-20-32(4)23-24-40-38(8,9)27-35(43-40)28-39(40,10)42/h11-20,23-24,34-35,41-42H,25-28H2,1-10H3/b12-11+,17-13+,18-14+,24-23+,29-15+,30-16+,31-19+,32-20+/t34-,35+,39-,40-/m1/s1. The normalized spacial score (nSPS) is 31.7. The first kappa shape index (κ1) is 34.6. The van der Waals surface area contributed by atoms with Crippen molar-refractivity contribution in [3.63, 3.8) is 0 Å². The second kappa shape index (κ2) is 13.8. The smallest absolute Gasteiger partial charge is 0.120 e. The van der Waals surface area contributed by atoms with Gasteiger partial charge in [-0.05, 0) is 72.5 Å². The number of hydrogen-bond acceptors (Lipinski definition) is 3. The number of aliphatic hydroxyl groups is 2. The van der Waals surface area contributed by atoms with E-state index in [1.54, 1.807) is 0 Å². The van der Waals surface area contributed by atoms with Gasteiger partial charge in [-0.2, -0.15) is 0 Å². The Labute approximate surface area is 261 Å². The highest BCUT2D eigenvalue weighted by atomic mass is 16.5. The number of rotatable bonds is 8. The lowest BCUT2D eigenvalue weighted by Crippen LogP contribution is -2.56. The summed E-state index contributed by atoms with van der Waals surface area (Å²) in [5, 5.41) is 21.2. The molecule has 0 unspecified atom stereocenters. The number of ether oxygens (including phenoxy) is 1. The minimum atomic E-state index is -0.847. The van der Waals surface area contributed by atoms with Gasteiger partial charge >= 0.3 is 0 Å². The molecule has 3 aliphatic rings. The van der Waals surface area contributed by atoms with Gasteiger partial charge in [0.05, 0.1) is 17.8 Å². The van der Waals surface area contributed by atoms with Crippen LogP contribution in [0, 0.1) is 22.7 Å². The average Bonchev–Trinajstić information content (AvgIpc) is 3.28. The van der Waals surface area contributed by atoms with Gasteiger partial charge in [-0.25, -0.2) is 0 Å². The molecule has 0 aromatic carbocycles. The molecule has 0 saturated carbocycles. The summed E-state index contributed by atoms with van der Waals surface area (Å²) >= 11 is 0. The zero-order valence-corrected chi connectivity index (χ0v) is 28.2. The van der Waals surface area contributed by atoms with E-state index < -0.39 is 11.2 Å². The van der Waals surface area contributed by atoms with Crippen LogP contribution in [0.25, 0.3) is 0 Å². The van der Waals surface area contributed by atoms with Crippen LogP contribution in [-0.2, 0) is 4.74 Å². The van der Waals surface area contributed by atoms with Crippen molar-refractivity contribution >= 4 is 0 Å². The summed E-state index contributed by atoms with van der Waals surface area (Å²) in [7, 11) is 0. The van der Waals surface area contributed by atoms with Crippen LogP contribution in [0.5, 0.6) is 0 Å². The third kappa shape index (κ3) is 8.60. The predicted molar refractivity (Wildman–Crippen MR) is 182 cm³/mol. The molecule has 2 heterocycles. The van der Waals surface area contributed by atoms with Gasteiger partial charge in [-0.15, -0.1) is 0 Å². The van der Waals surface area contributed by atoms with Crippen LogP contribution in [0.3, 0.4) is 0 Å². The molecule has 3 nitrogen and oxygen atoms in total. The summed E-state index contributed by atoms with van der Waals surface area (Å²) in [6.07, 6.45) is 27.9. The molecule has 43 heavy (non-hydrogen) atoms. The molecular weight excluding hydrogens is 528 g/mol. The van der Waals surface area contributed by atoms with Crippen LogP contribution in [0.2, 0.25) is 0 Å². The molecule has 3 heteroatoms. The molecule has 3 rings (SSSR count). The fourth-order valence-electron chi connectivity index (χ4n) is 7.00. The van der Waals surface area contributed by atoms with E-state index in [-0.39, 0.29) is 23.0 Å². The number of hydrogen-bond donors (Lipinski definition) is 2. The van der Waals surface area contributed by atoms with Crippen LogP contribution in [0.1, 0.15) is 94.9 Å². The van der Waals surface area contributed by atoms with Gasteiger partial charge in [0.1, 0.15) is 5.60 Å². The molecule has 2 fully saturated rings. The highest BCUT2D eigenvalue weighted by molar-refractivity contribution is 5.45. The van der Waals surface area contributed by atoms with Crippen molar-refractivity contribution in [1.82, 2.24) is 0 Å². The molecule has 2 aliphatic heterocycles. The van der Waals surface area contributed by atoms with E-state index in [1.807, 2.05) is 26.0 Å². The third-order valence-electron chi connectivity index (χ3n) is 9.13. The first-order valence-corrected chi connectivity index (χ1v) is 15.7. The van der Waals surface area contributed by atoms with Crippen molar-refractivity contribution in [1.29, 1.82) is 0 Å². The van der Waals surface area contributed by atoms with E-state index in [0.717, 1.165) is 40.7 Å². The summed E-state index contributed by atoms with van der Waals surface area (Å²) < 4.78 is 6.31. The topological polar surface area (TPSA) is 49.7 Å². The maximum atomic E-state index is 11.1. The second-order valence-corrected chi connectivity index (χ2v) is 14.4. The summed E-state index contributed by atoms with van der Waals surface area (Å²) in [6.45, 7) is 21.0. The Bertz CT molecular complexity index is 1360. The van der Waals surface area contributed by atoms with Gasteiger partial charge in [-0.1, -0.05) is 129 Å². The van der Waals surface area contributed by atoms with Gasteiger partial charge < -0.3 is 14.9 Å². The first-order chi connectivity index (χ1) is 20.0.